The first-order valence-electron chi connectivity index (χ1n) is 46.3. The van der Waals surface area contributed by atoms with Crippen LogP contribution in [-0.4, -0.2) is 131 Å². The number of hydrogen-bond donors (Lipinski definition) is 0. The number of halogens is 3. The number of hydrogen-bond acceptors (Lipinski definition) is 15. The maximum absolute atomic E-state index is 15.5. The van der Waals surface area contributed by atoms with Crippen molar-refractivity contribution in [3.8, 4) is 0 Å². The summed E-state index contributed by atoms with van der Waals surface area (Å²) >= 11 is 12.2. The highest BCUT2D eigenvalue weighted by atomic mass is 35.5. The summed E-state index contributed by atoms with van der Waals surface area (Å²) in [6.45, 7) is 10.9. The zero-order valence-electron chi connectivity index (χ0n) is 77.4. The number of nitrogens with zero attached hydrogens (tertiary/aromatic N) is 6. The molecule has 0 aliphatic carbocycles. The van der Waals surface area contributed by atoms with E-state index >= 15 is 4.39 Å². The third-order valence-corrected chi connectivity index (χ3v) is 40.3. The van der Waals surface area contributed by atoms with E-state index in [1.165, 1.54) is 105 Å². The Morgan fingerprint density at radius 3 is 0.850 bits per heavy atom. The van der Waals surface area contributed by atoms with Crippen molar-refractivity contribution < 1.29 is 69.3 Å². The van der Waals surface area contributed by atoms with Crippen LogP contribution >= 0.6 is 23.2 Å². The van der Waals surface area contributed by atoms with Gasteiger partial charge in [-0.05, 0) is 213 Å². The number of rotatable bonds is 18. The molecule has 0 saturated carbocycles. The Kier molecular flexibility index (Phi) is 28.1. The standard InChI is InChI=1S/C38H35ClN2O5S2.C38H35FN2O5S2.C34H33ClN2O5S2/c1-25-10-14-28(15-11-25)35-23-38(42)34-24-40(47(43,44)30-18-12-26(2)13-19-30)36(33-9-5-7-27-6-3-4-8-32(27)33)22-37(34)41(35)48(45,46)31-20-16-29(39)17-21-31;1-25-14-18-28(19-15-25)47(43,44)40-24-33-36(22-35(40)31-12-7-9-27-8-3-4-10-30(27)31)41(48(45,46)29-20-16-26(2)17-21-29)37(23-38(33)42)32-11-5-6-13-34(32)39;1-23-8-12-26(13-9-23)31-20-33-30(22-36(31)43(39,40)28-18-14-27(35)15-19-28)34(38)21-32(25-6-4-3-5-7-25)37(33)44(41,42)29-16-10-24(2)11-17-29/h3-21,34-37H,22-24H2,1-2H3;3-21,33,35-37H,22-24H2,1-2H3;3-19,30-33H,20-22H2,1-2H3/t34-,35+,36+,37+;33-,35+,36+,37+;30-,31+,32+,33+/m111/s1. The molecule has 6 saturated heterocycles. The molecule has 21 nitrogen and oxygen atoms in total. The second kappa shape index (κ2) is 39.8. The smallest absolute Gasteiger partial charge is 0.243 e. The lowest BCUT2D eigenvalue weighted by Gasteiger charge is -2.51. The monoisotopic (exact) mass is 2030 g/mol. The van der Waals surface area contributed by atoms with E-state index < -0.39 is 138 Å². The van der Waals surface area contributed by atoms with Crippen molar-refractivity contribution in [1.82, 2.24) is 25.8 Å². The van der Waals surface area contributed by atoms with Crippen LogP contribution in [-0.2, 0) is 74.5 Å². The zero-order chi connectivity index (χ0) is 98.8. The van der Waals surface area contributed by atoms with Gasteiger partial charge in [0.25, 0.3) is 0 Å². The van der Waals surface area contributed by atoms with Gasteiger partial charge in [-0.3, -0.25) is 14.4 Å². The number of Topliss-reactive ketones (excluding diaryl/α,β-unsaturated/α-hetero) is 3. The minimum atomic E-state index is -4.30. The Balaban J connectivity index is 0.000000139. The van der Waals surface area contributed by atoms with Crippen LogP contribution in [0.4, 0.5) is 4.39 Å². The van der Waals surface area contributed by atoms with Crippen LogP contribution in [0.25, 0.3) is 21.5 Å². The zero-order valence-corrected chi connectivity index (χ0v) is 83.8. The number of sulfonamides is 6. The molecule has 6 aliphatic heterocycles. The van der Waals surface area contributed by atoms with Crippen molar-refractivity contribution >= 4 is 122 Å². The van der Waals surface area contributed by atoms with E-state index in [0.29, 0.717) is 21.2 Å². The van der Waals surface area contributed by atoms with Crippen LogP contribution in [0.1, 0.15) is 142 Å². The highest BCUT2D eigenvalue weighted by molar-refractivity contribution is 7.90. The molecule has 6 aliphatic rings. The van der Waals surface area contributed by atoms with Crippen LogP contribution in [0, 0.1) is 65.1 Å². The summed E-state index contributed by atoms with van der Waals surface area (Å²) in [6, 6.07) is 88.1. The van der Waals surface area contributed by atoms with Crippen molar-refractivity contribution in [2.75, 3.05) is 19.6 Å². The number of carbonyl (C=O) groups is 3. The van der Waals surface area contributed by atoms with Gasteiger partial charge in [0.1, 0.15) is 23.2 Å². The summed E-state index contributed by atoms with van der Waals surface area (Å²) in [5.41, 5.74) is 9.37. The molecule has 0 N–H and O–H groups in total. The van der Waals surface area contributed by atoms with Gasteiger partial charge < -0.3 is 0 Å². The third kappa shape index (κ3) is 19.3. The minimum Gasteiger partial charge on any atom is -0.299 e. The van der Waals surface area contributed by atoms with Crippen LogP contribution in [0.2, 0.25) is 10.0 Å². The fraction of sp³-hybridized carbons (Fsp3) is 0.245. The number of aryl methyl sites for hydroxylation is 6. The van der Waals surface area contributed by atoms with Gasteiger partial charge >= 0.3 is 0 Å². The van der Waals surface area contributed by atoms with Gasteiger partial charge in [0, 0.05) is 90.4 Å². The van der Waals surface area contributed by atoms with Crippen LogP contribution < -0.4 is 0 Å². The highest BCUT2D eigenvalue weighted by Gasteiger charge is 2.59. The van der Waals surface area contributed by atoms with E-state index in [9.17, 15) is 64.9 Å². The first-order chi connectivity index (χ1) is 66.9. The summed E-state index contributed by atoms with van der Waals surface area (Å²) in [5, 5.41) is 4.35. The average Bonchev–Trinajstić information content (AvgIpc) is 0.726. The molecule has 12 atom stereocenters. The SMILES string of the molecule is Cc1ccc(S(=O)(=O)N2C[C@H]3C(=O)C[C@@H](c4ccccc4F)N(S(=O)(=O)c4ccc(C)cc4)[C@H]3C[C@H]2c2cccc3ccccc23)cc1.Cc1ccc([C@@H]2CC(=O)[C@@H]3CN(S(=O)(=O)c4ccc(C)cc4)[C@H](c4cccc5ccccc45)C[C@@H]3N2S(=O)(=O)c2ccc(Cl)cc2)cc1.Cc1ccc([C@@H]2C[C@H]3[C@@H](CN2S(=O)(=O)c2ccc(Cl)cc2)C(=O)C[C@@H](c2ccccc2)N3S(=O)(=O)c2ccc(C)cc2)cc1. The Hall–Kier alpha value is -11.4. The molecule has 0 spiro atoms. The minimum absolute atomic E-state index is 0.00838. The van der Waals surface area contributed by atoms with Gasteiger partial charge in [-0.25, -0.2) is 54.9 Å². The molecule has 20 rings (SSSR count). The van der Waals surface area contributed by atoms with E-state index in [-0.39, 0.29) is 110 Å². The first kappa shape index (κ1) is 98.7. The molecular formula is C110H103Cl2FN6O15S6. The normalized spacial score (nSPS) is 22.7. The largest absolute Gasteiger partial charge is 0.299 e. The van der Waals surface area contributed by atoms with Crippen molar-refractivity contribution in [2.45, 2.75) is 164 Å². The summed E-state index contributed by atoms with van der Waals surface area (Å²) in [5.74, 6) is -3.92. The van der Waals surface area contributed by atoms with Crippen LogP contribution in [0.3, 0.4) is 0 Å². The summed E-state index contributed by atoms with van der Waals surface area (Å²) in [7, 11) is -24.9. The molecule has 30 heteroatoms. The van der Waals surface area contributed by atoms with Gasteiger partial charge in [0.05, 0.1) is 65.6 Å². The van der Waals surface area contributed by atoms with Gasteiger partial charge in [-0.2, -0.15) is 25.8 Å². The number of benzene rings is 14. The van der Waals surface area contributed by atoms with Gasteiger partial charge in [0.2, 0.25) is 60.1 Å². The molecule has 0 radical (unpaired) electrons. The maximum atomic E-state index is 15.5. The quantitative estimate of drug-likeness (QED) is 0.0772. The lowest BCUT2D eigenvalue weighted by molar-refractivity contribution is -0.133. The van der Waals surface area contributed by atoms with E-state index in [1.54, 1.807) is 91.0 Å². The van der Waals surface area contributed by atoms with Crippen molar-refractivity contribution in [2.24, 2.45) is 17.8 Å². The molecule has 720 valence electrons. The Morgan fingerprint density at radius 2 is 0.500 bits per heavy atom. The molecule has 0 unspecified atom stereocenters. The second-order valence-electron chi connectivity index (χ2n) is 37.1. The highest BCUT2D eigenvalue weighted by Crippen LogP contribution is 2.54. The first-order valence-corrected chi connectivity index (χ1v) is 55.7. The van der Waals surface area contributed by atoms with E-state index in [4.69, 9.17) is 23.2 Å². The topological polar surface area (TPSA) is 275 Å². The molecule has 14 aromatic rings. The van der Waals surface area contributed by atoms with Crippen LogP contribution in [0.5, 0.6) is 0 Å². The second-order valence-corrected chi connectivity index (χ2v) is 49.2. The van der Waals surface area contributed by atoms with Crippen molar-refractivity contribution in [3.05, 3.63) is 416 Å². The van der Waals surface area contributed by atoms with E-state index in [0.717, 1.165) is 71.6 Å². The number of fused-ring (bicyclic) bond motifs is 5. The van der Waals surface area contributed by atoms with Crippen LogP contribution in [0.15, 0.2) is 363 Å². The van der Waals surface area contributed by atoms with Crippen molar-refractivity contribution in [1.29, 1.82) is 0 Å². The van der Waals surface area contributed by atoms with Gasteiger partial charge in [-0.1, -0.05) is 287 Å². The van der Waals surface area contributed by atoms with Gasteiger partial charge in [0.15, 0.2) is 0 Å². The fourth-order valence-electron chi connectivity index (χ4n) is 21.0. The summed E-state index contributed by atoms with van der Waals surface area (Å²) < 4.78 is 198. The predicted molar refractivity (Wildman–Crippen MR) is 540 cm³/mol. The fourth-order valence-corrected chi connectivity index (χ4v) is 31.7. The molecule has 0 amide bonds. The molecular weight excluding hydrogens is 1930 g/mol. The lowest BCUT2D eigenvalue weighted by atomic mass is 9.77. The number of piperidine rings is 6. The van der Waals surface area contributed by atoms with Gasteiger partial charge in [-0.15, -0.1) is 0 Å². The predicted octanol–water partition coefficient (Wildman–Crippen LogP) is 21.2. The third-order valence-electron chi connectivity index (χ3n) is 28.3. The Morgan fingerprint density at radius 1 is 0.250 bits per heavy atom. The molecule has 6 fully saturated rings. The average molecular weight is 2030 g/mol. The molecule has 140 heavy (non-hydrogen) atoms. The van der Waals surface area contributed by atoms with E-state index in [1.807, 2.05) is 205 Å². The number of ketones is 3. The summed E-state index contributed by atoms with van der Waals surface area (Å²) in [4.78, 5) is 42.8. The van der Waals surface area contributed by atoms with E-state index in [2.05, 4.69) is 0 Å². The Labute approximate surface area is 828 Å². The Bertz CT molecular complexity index is 7800. The van der Waals surface area contributed by atoms with Crippen molar-refractivity contribution in [3.63, 3.8) is 0 Å². The summed E-state index contributed by atoms with van der Waals surface area (Å²) in [6.07, 6.45) is -0.226. The lowest BCUT2D eigenvalue weighted by Crippen LogP contribution is -2.61. The maximum Gasteiger partial charge on any atom is 0.243 e. The number of carbonyl (C=O) groups excluding carboxylic acids is 3. The molecule has 0 aromatic heterocycles. The molecule has 6 heterocycles. The molecule has 14 aromatic carbocycles. The molecule has 0 bridgehead atoms.